The Balaban J connectivity index is 2.40. The molecule has 96 valence electrons. The first-order valence-electron chi connectivity index (χ1n) is 5.50. The molecule has 3 N–H and O–H groups in total. The molecule has 2 rings (SSSR count). The topological polar surface area (TPSA) is 104 Å². The van der Waals surface area contributed by atoms with Crippen LogP contribution in [0.2, 0.25) is 0 Å². The van der Waals surface area contributed by atoms with Crippen molar-refractivity contribution in [2.45, 2.75) is 26.9 Å². The van der Waals surface area contributed by atoms with E-state index in [0.29, 0.717) is 5.95 Å². The van der Waals surface area contributed by atoms with E-state index in [4.69, 9.17) is 10.6 Å². The van der Waals surface area contributed by atoms with Gasteiger partial charge < -0.3 is 4.74 Å². The quantitative estimate of drug-likeness (QED) is 0.598. The number of ether oxygens (including phenoxy) is 1. The summed E-state index contributed by atoms with van der Waals surface area (Å²) in [5.74, 6) is 5.89. The molecule has 0 atom stereocenters. The molecule has 0 saturated carbocycles. The van der Waals surface area contributed by atoms with Gasteiger partial charge in [-0.3, -0.25) is 5.43 Å². The Bertz CT molecular complexity index is 537. The number of hydrogen-bond donors (Lipinski definition) is 2. The summed E-state index contributed by atoms with van der Waals surface area (Å²) in [4.78, 5) is 12.3. The molecule has 0 amide bonds. The van der Waals surface area contributed by atoms with Gasteiger partial charge in [-0.2, -0.15) is 20.1 Å². The van der Waals surface area contributed by atoms with Gasteiger partial charge >= 0.3 is 6.01 Å². The van der Waals surface area contributed by atoms with E-state index in [1.165, 1.54) is 4.68 Å². The molecule has 0 bridgehead atoms. The maximum atomic E-state index is 5.43. The zero-order valence-corrected chi connectivity index (χ0v) is 10.5. The predicted molar refractivity (Wildman–Crippen MR) is 65.3 cm³/mol. The van der Waals surface area contributed by atoms with Gasteiger partial charge in [-0.1, -0.05) is 0 Å². The van der Waals surface area contributed by atoms with Crippen molar-refractivity contribution in [1.29, 1.82) is 0 Å². The molecule has 0 aliphatic rings. The highest BCUT2D eigenvalue weighted by molar-refractivity contribution is 5.28. The largest absolute Gasteiger partial charge is 0.461 e. The van der Waals surface area contributed by atoms with E-state index in [0.717, 1.165) is 5.69 Å². The van der Waals surface area contributed by atoms with E-state index in [2.05, 4.69) is 25.5 Å². The van der Waals surface area contributed by atoms with Crippen LogP contribution in [0.15, 0.2) is 12.3 Å². The Labute approximate surface area is 104 Å². The van der Waals surface area contributed by atoms with Crippen LogP contribution in [0.4, 0.5) is 5.95 Å². The minimum absolute atomic E-state index is 0.0368. The van der Waals surface area contributed by atoms with Gasteiger partial charge in [0.2, 0.25) is 5.95 Å². The molecule has 0 aromatic carbocycles. The van der Waals surface area contributed by atoms with Crippen LogP contribution in [0.1, 0.15) is 19.5 Å². The summed E-state index contributed by atoms with van der Waals surface area (Å²) in [6.07, 6.45) is 1.72. The summed E-state index contributed by atoms with van der Waals surface area (Å²) in [5, 5.41) is 4.22. The van der Waals surface area contributed by atoms with Gasteiger partial charge in [0.25, 0.3) is 5.95 Å². The summed E-state index contributed by atoms with van der Waals surface area (Å²) in [7, 11) is 0. The standard InChI is InChI=1S/C10H15N7O/c1-6(2)18-10-13-8(15-11)12-9(14-10)17-5-4-7(3)16-17/h4-6H,11H2,1-3H3,(H,12,13,14,15). The van der Waals surface area contributed by atoms with E-state index < -0.39 is 0 Å². The second kappa shape index (κ2) is 4.96. The molecular formula is C10H15N7O. The average Bonchev–Trinajstić information content (AvgIpc) is 2.74. The SMILES string of the molecule is Cc1ccn(-c2nc(NN)nc(OC(C)C)n2)n1. The molecule has 18 heavy (non-hydrogen) atoms. The summed E-state index contributed by atoms with van der Waals surface area (Å²) in [6.45, 7) is 5.65. The number of hydrazine groups is 1. The van der Waals surface area contributed by atoms with E-state index in [9.17, 15) is 0 Å². The molecular weight excluding hydrogens is 234 g/mol. The number of aromatic nitrogens is 5. The highest BCUT2D eigenvalue weighted by Crippen LogP contribution is 2.11. The van der Waals surface area contributed by atoms with Crippen LogP contribution >= 0.6 is 0 Å². The summed E-state index contributed by atoms with van der Waals surface area (Å²) in [5.41, 5.74) is 3.24. The molecule has 2 aromatic rings. The number of nitrogens with one attached hydrogen (secondary N) is 1. The predicted octanol–water partition coefficient (Wildman–Crippen LogP) is 0.439. The van der Waals surface area contributed by atoms with Gasteiger partial charge in [-0.05, 0) is 26.8 Å². The third-order valence-electron chi connectivity index (χ3n) is 2.00. The van der Waals surface area contributed by atoms with Crippen LogP contribution in [0.5, 0.6) is 6.01 Å². The third-order valence-corrected chi connectivity index (χ3v) is 2.00. The zero-order chi connectivity index (χ0) is 13.1. The van der Waals surface area contributed by atoms with Crippen molar-refractivity contribution in [3.05, 3.63) is 18.0 Å². The molecule has 8 nitrogen and oxygen atoms in total. The lowest BCUT2D eigenvalue weighted by Gasteiger charge is -2.09. The number of hydrogen-bond acceptors (Lipinski definition) is 7. The lowest BCUT2D eigenvalue weighted by molar-refractivity contribution is 0.221. The van der Waals surface area contributed by atoms with Gasteiger partial charge in [-0.25, -0.2) is 10.5 Å². The Morgan fingerprint density at radius 3 is 2.67 bits per heavy atom. The molecule has 8 heteroatoms. The number of aryl methyl sites for hydroxylation is 1. The van der Waals surface area contributed by atoms with E-state index in [1.54, 1.807) is 6.20 Å². The van der Waals surface area contributed by atoms with Gasteiger partial charge in [-0.15, -0.1) is 0 Å². The minimum atomic E-state index is -0.0368. The smallest absolute Gasteiger partial charge is 0.323 e. The van der Waals surface area contributed by atoms with Crippen LogP contribution in [0.3, 0.4) is 0 Å². The lowest BCUT2D eigenvalue weighted by Crippen LogP contribution is -2.16. The Morgan fingerprint density at radius 2 is 2.11 bits per heavy atom. The molecule has 0 unspecified atom stereocenters. The molecule has 0 spiro atoms. The van der Waals surface area contributed by atoms with Gasteiger partial charge in [0.15, 0.2) is 0 Å². The van der Waals surface area contributed by atoms with Crippen LogP contribution in [-0.2, 0) is 0 Å². The van der Waals surface area contributed by atoms with Crippen molar-refractivity contribution in [1.82, 2.24) is 24.7 Å². The fraction of sp³-hybridized carbons (Fsp3) is 0.400. The van der Waals surface area contributed by atoms with Gasteiger partial charge in [0, 0.05) is 6.20 Å². The van der Waals surface area contributed by atoms with Crippen molar-refractivity contribution in [2.75, 3.05) is 5.43 Å². The average molecular weight is 249 g/mol. The molecule has 0 saturated heterocycles. The van der Waals surface area contributed by atoms with Crippen LogP contribution < -0.4 is 16.0 Å². The van der Waals surface area contributed by atoms with Crippen molar-refractivity contribution in [3.63, 3.8) is 0 Å². The summed E-state index contributed by atoms with van der Waals surface area (Å²) < 4.78 is 6.96. The summed E-state index contributed by atoms with van der Waals surface area (Å²) >= 11 is 0. The number of rotatable bonds is 4. The maximum absolute atomic E-state index is 5.43. The van der Waals surface area contributed by atoms with Gasteiger partial charge in [0.05, 0.1) is 11.8 Å². The second-order valence-corrected chi connectivity index (χ2v) is 3.95. The maximum Gasteiger partial charge on any atom is 0.323 e. The summed E-state index contributed by atoms with van der Waals surface area (Å²) in [6, 6.07) is 2.05. The lowest BCUT2D eigenvalue weighted by atomic mass is 10.5. The third kappa shape index (κ3) is 2.72. The van der Waals surface area contributed by atoms with Crippen LogP contribution in [-0.4, -0.2) is 30.8 Å². The highest BCUT2D eigenvalue weighted by atomic mass is 16.5. The number of nitrogens with zero attached hydrogens (tertiary/aromatic N) is 5. The highest BCUT2D eigenvalue weighted by Gasteiger charge is 2.10. The molecule has 0 radical (unpaired) electrons. The number of nitrogen functional groups attached to an aromatic ring is 1. The molecule has 0 aliphatic carbocycles. The van der Waals surface area contributed by atoms with Crippen molar-refractivity contribution in [2.24, 2.45) is 5.84 Å². The fourth-order valence-electron chi connectivity index (χ4n) is 1.30. The first-order chi connectivity index (χ1) is 8.58. The first-order valence-corrected chi connectivity index (χ1v) is 5.50. The van der Waals surface area contributed by atoms with E-state index >= 15 is 0 Å². The Hall–Kier alpha value is -2.22. The van der Waals surface area contributed by atoms with Crippen LogP contribution in [0.25, 0.3) is 5.95 Å². The number of nitrogens with two attached hydrogens (primary N) is 1. The second-order valence-electron chi connectivity index (χ2n) is 3.95. The van der Waals surface area contributed by atoms with E-state index in [1.807, 2.05) is 26.8 Å². The molecule has 0 fully saturated rings. The molecule has 2 aromatic heterocycles. The normalized spacial score (nSPS) is 10.7. The van der Waals surface area contributed by atoms with Crippen molar-refractivity contribution >= 4 is 5.95 Å². The molecule has 0 aliphatic heterocycles. The Kier molecular flexibility index (Phi) is 3.38. The number of anilines is 1. The van der Waals surface area contributed by atoms with Crippen molar-refractivity contribution < 1.29 is 4.74 Å². The molecule has 2 heterocycles. The fourth-order valence-corrected chi connectivity index (χ4v) is 1.30. The minimum Gasteiger partial charge on any atom is -0.461 e. The van der Waals surface area contributed by atoms with Gasteiger partial charge in [0.1, 0.15) is 0 Å². The van der Waals surface area contributed by atoms with E-state index in [-0.39, 0.29) is 18.1 Å². The monoisotopic (exact) mass is 249 g/mol. The van der Waals surface area contributed by atoms with Crippen molar-refractivity contribution in [3.8, 4) is 12.0 Å². The zero-order valence-electron chi connectivity index (χ0n) is 10.5. The Morgan fingerprint density at radius 1 is 1.33 bits per heavy atom. The first kappa shape index (κ1) is 12.2. The van der Waals surface area contributed by atoms with Crippen LogP contribution in [0, 0.1) is 6.92 Å².